The van der Waals surface area contributed by atoms with Crippen LogP contribution in [0.5, 0.6) is 11.5 Å². The van der Waals surface area contributed by atoms with Crippen molar-refractivity contribution in [1.29, 1.82) is 0 Å². The Morgan fingerprint density at radius 1 is 1.09 bits per heavy atom. The third-order valence-electron chi connectivity index (χ3n) is 3.06. The molecule has 4 heteroatoms. The molecule has 0 radical (unpaired) electrons. The third kappa shape index (κ3) is 4.53. The van der Waals surface area contributed by atoms with Crippen LogP contribution in [-0.4, -0.2) is 18.3 Å². The Balaban J connectivity index is 1.97. The lowest BCUT2D eigenvalue weighted by Crippen LogP contribution is -2.11. The Labute approximate surface area is 135 Å². The zero-order valence-corrected chi connectivity index (χ0v) is 13.9. The van der Waals surface area contributed by atoms with Crippen molar-refractivity contribution in [1.82, 2.24) is 0 Å². The molecule has 0 amide bonds. The SMILES string of the molecule is CCOc1ccccc1OC(=O)CSc1cc(C)ccc1C. The lowest BCUT2D eigenvalue weighted by molar-refractivity contribution is -0.131. The quantitative estimate of drug-likeness (QED) is 0.449. The van der Waals surface area contributed by atoms with Crippen molar-refractivity contribution >= 4 is 17.7 Å². The molecule has 22 heavy (non-hydrogen) atoms. The first-order chi connectivity index (χ1) is 10.6. The highest BCUT2D eigenvalue weighted by Gasteiger charge is 2.11. The van der Waals surface area contributed by atoms with Gasteiger partial charge in [0.25, 0.3) is 0 Å². The van der Waals surface area contributed by atoms with E-state index in [2.05, 4.69) is 18.2 Å². The molecule has 0 bridgehead atoms. The second-order valence-corrected chi connectivity index (χ2v) is 5.93. The molecule has 2 rings (SSSR count). The molecule has 0 fully saturated rings. The summed E-state index contributed by atoms with van der Waals surface area (Å²) in [7, 11) is 0. The van der Waals surface area contributed by atoms with Gasteiger partial charge in [-0.05, 0) is 44.5 Å². The molecule has 0 N–H and O–H groups in total. The minimum Gasteiger partial charge on any atom is -0.490 e. The van der Waals surface area contributed by atoms with Crippen molar-refractivity contribution in [3.63, 3.8) is 0 Å². The number of rotatable bonds is 6. The van der Waals surface area contributed by atoms with Crippen molar-refractivity contribution in [2.75, 3.05) is 12.4 Å². The van der Waals surface area contributed by atoms with E-state index in [1.807, 2.05) is 32.9 Å². The Morgan fingerprint density at radius 2 is 1.82 bits per heavy atom. The van der Waals surface area contributed by atoms with E-state index in [9.17, 15) is 4.79 Å². The minimum atomic E-state index is -0.280. The molecule has 0 atom stereocenters. The number of para-hydroxylation sites is 2. The second kappa shape index (κ2) is 7.90. The third-order valence-corrected chi connectivity index (χ3v) is 4.19. The molecule has 0 aromatic heterocycles. The van der Waals surface area contributed by atoms with Crippen molar-refractivity contribution < 1.29 is 14.3 Å². The zero-order valence-electron chi connectivity index (χ0n) is 13.1. The van der Waals surface area contributed by atoms with E-state index < -0.39 is 0 Å². The molecule has 116 valence electrons. The van der Waals surface area contributed by atoms with Gasteiger partial charge in [0.1, 0.15) is 0 Å². The van der Waals surface area contributed by atoms with Crippen LogP contribution in [0.4, 0.5) is 0 Å². The molecule has 0 saturated carbocycles. The molecule has 2 aromatic carbocycles. The number of hydrogen-bond donors (Lipinski definition) is 0. The summed E-state index contributed by atoms with van der Waals surface area (Å²) in [5.74, 6) is 1.05. The summed E-state index contributed by atoms with van der Waals surface area (Å²) in [4.78, 5) is 13.1. The van der Waals surface area contributed by atoms with Gasteiger partial charge in [0.05, 0.1) is 12.4 Å². The average molecular weight is 316 g/mol. The molecule has 0 spiro atoms. The van der Waals surface area contributed by atoms with Crippen LogP contribution in [0.1, 0.15) is 18.1 Å². The number of ether oxygens (including phenoxy) is 2. The van der Waals surface area contributed by atoms with Crippen LogP contribution in [0.3, 0.4) is 0 Å². The number of hydrogen-bond acceptors (Lipinski definition) is 4. The lowest BCUT2D eigenvalue weighted by Gasteiger charge is -2.10. The van der Waals surface area contributed by atoms with Gasteiger partial charge in [-0.2, -0.15) is 0 Å². The molecule has 0 heterocycles. The van der Waals surface area contributed by atoms with E-state index in [0.29, 0.717) is 18.1 Å². The summed E-state index contributed by atoms with van der Waals surface area (Å²) in [5.41, 5.74) is 2.35. The van der Waals surface area contributed by atoms with Crippen LogP contribution in [0.15, 0.2) is 47.4 Å². The maximum Gasteiger partial charge on any atom is 0.321 e. The van der Waals surface area contributed by atoms with Gasteiger partial charge in [0.2, 0.25) is 0 Å². The van der Waals surface area contributed by atoms with Crippen LogP contribution in [-0.2, 0) is 4.79 Å². The first-order valence-corrected chi connectivity index (χ1v) is 8.21. The summed E-state index contributed by atoms with van der Waals surface area (Å²) in [6.45, 7) is 6.51. The van der Waals surface area contributed by atoms with E-state index in [1.165, 1.54) is 17.3 Å². The fraction of sp³-hybridized carbons (Fsp3) is 0.278. The van der Waals surface area contributed by atoms with Gasteiger partial charge >= 0.3 is 5.97 Å². The molecule has 0 saturated heterocycles. The number of benzene rings is 2. The van der Waals surface area contributed by atoms with Crippen molar-refractivity contribution in [2.45, 2.75) is 25.7 Å². The van der Waals surface area contributed by atoms with Crippen LogP contribution in [0, 0.1) is 13.8 Å². The second-order valence-electron chi connectivity index (χ2n) is 4.91. The average Bonchev–Trinajstić information content (AvgIpc) is 2.50. The molecule has 2 aromatic rings. The van der Waals surface area contributed by atoms with Crippen LogP contribution < -0.4 is 9.47 Å². The van der Waals surface area contributed by atoms with Crippen molar-refractivity contribution in [3.8, 4) is 11.5 Å². The fourth-order valence-electron chi connectivity index (χ4n) is 1.96. The molecule has 0 aliphatic heterocycles. The predicted molar refractivity (Wildman–Crippen MR) is 89.9 cm³/mol. The summed E-state index contributed by atoms with van der Waals surface area (Å²) < 4.78 is 10.9. The minimum absolute atomic E-state index is 0.269. The first-order valence-electron chi connectivity index (χ1n) is 7.22. The molecular weight excluding hydrogens is 296 g/mol. The van der Waals surface area contributed by atoms with E-state index in [-0.39, 0.29) is 11.7 Å². The summed E-state index contributed by atoms with van der Waals surface area (Å²) in [6.07, 6.45) is 0. The fourth-order valence-corrected chi connectivity index (χ4v) is 2.86. The largest absolute Gasteiger partial charge is 0.490 e. The Morgan fingerprint density at radius 3 is 2.55 bits per heavy atom. The van der Waals surface area contributed by atoms with E-state index in [1.54, 1.807) is 12.1 Å². The highest BCUT2D eigenvalue weighted by atomic mass is 32.2. The Kier molecular flexibility index (Phi) is 5.90. The summed E-state index contributed by atoms with van der Waals surface area (Å²) in [6, 6.07) is 13.4. The van der Waals surface area contributed by atoms with Gasteiger partial charge in [-0.15, -0.1) is 11.8 Å². The topological polar surface area (TPSA) is 35.5 Å². The molecule has 3 nitrogen and oxygen atoms in total. The highest BCUT2D eigenvalue weighted by Crippen LogP contribution is 2.28. The number of aryl methyl sites for hydroxylation is 2. The maximum atomic E-state index is 12.0. The Hall–Kier alpha value is -1.94. The molecule has 0 aliphatic rings. The Bertz CT molecular complexity index is 653. The van der Waals surface area contributed by atoms with Gasteiger partial charge in [-0.1, -0.05) is 29.8 Å². The smallest absolute Gasteiger partial charge is 0.321 e. The van der Waals surface area contributed by atoms with E-state index in [4.69, 9.17) is 9.47 Å². The summed E-state index contributed by atoms with van der Waals surface area (Å²) >= 11 is 1.49. The number of carbonyl (C=O) groups excluding carboxylic acids is 1. The monoisotopic (exact) mass is 316 g/mol. The van der Waals surface area contributed by atoms with Gasteiger partial charge < -0.3 is 9.47 Å². The van der Waals surface area contributed by atoms with E-state index >= 15 is 0 Å². The molecule has 0 unspecified atom stereocenters. The number of thioether (sulfide) groups is 1. The predicted octanol–water partition coefficient (Wildman–Crippen LogP) is 4.40. The van der Waals surface area contributed by atoms with Crippen LogP contribution in [0.25, 0.3) is 0 Å². The summed E-state index contributed by atoms with van der Waals surface area (Å²) in [5, 5.41) is 0. The normalized spacial score (nSPS) is 10.3. The van der Waals surface area contributed by atoms with Crippen LogP contribution in [0.2, 0.25) is 0 Å². The maximum absolute atomic E-state index is 12.0. The van der Waals surface area contributed by atoms with Crippen molar-refractivity contribution in [3.05, 3.63) is 53.6 Å². The lowest BCUT2D eigenvalue weighted by atomic mass is 10.2. The van der Waals surface area contributed by atoms with Gasteiger partial charge in [0, 0.05) is 4.90 Å². The standard InChI is InChI=1S/C18H20O3S/c1-4-20-15-7-5-6-8-16(15)21-18(19)12-22-17-11-13(2)9-10-14(17)3/h5-11H,4,12H2,1-3H3. The molecular formula is C18H20O3S. The van der Waals surface area contributed by atoms with Crippen LogP contribution >= 0.6 is 11.8 Å². The number of esters is 1. The number of carbonyl (C=O) groups is 1. The van der Waals surface area contributed by atoms with Gasteiger partial charge in [0.15, 0.2) is 11.5 Å². The van der Waals surface area contributed by atoms with Crippen molar-refractivity contribution in [2.24, 2.45) is 0 Å². The first kappa shape index (κ1) is 16.4. The van der Waals surface area contributed by atoms with Gasteiger partial charge in [-0.3, -0.25) is 4.79 Å². The highest BCUT2D eigenvalue weighted by molar-refractivity contribution is 8.00. The zero-order chi connectivity index (χ0) is 15.9. The van der Waals surface area contributed by atoms with E-state index in [0.717, 1.165) is 10.5 Å². The van der Waals surface area contributed by atoms with Gasteiger partial charge in [-0.25, -0.2) is 0 Å². The molecule has 0 aliphatic carbocycles.